The molecule has 0 bridgehead atoms. The zero-order valence-electron chi connectivity index (χ0n) is 8.98. The van der Waals surface area contributed by atoms with E-state index in [-0.39, 0.29) is 12.7 Å². The Hall–Kier alpha value is -0.860. The largest absolute Gasteiger partial charge is 0.394 e. The van der Waals surface area contributed by atoms with E-state index < -0.39 is 0 Å². The lowest BCUT2D eigenvalue weighted by Crippen LogP contribution is -2.08. The molecule has 2 nitrogen and oxygen atoms in total. The molecule has 1 aliphatic carbocycles. The van der Waals surface area contributed by atoms with E-state index in [0.717, 1.165) is 12.8 Å². The second-order valence-electron chi connectivity index (χ2n) is 4.03. The SMILES string of the molecule is OCCOC1CCCCc2ccccc21. The van der Waals surface area contributed by atoms with Gasteiger partial charge in [0.1, 0.15) is 0 Å². The first kappa shape index (κ1) is 10.7. The zero-order valence-corrected chi connectivity index (χ0v) is 8.98. The van der Waals surface area contributed by atoms with Gasteiger partial charge in [-0.05, 0) is 30.4 Å². The number of rotatable bonds is 3. The van der Waals surface area contributed by atoms with Crippen LogP contribution < -0.4 is 0 Å². The van der Waals surface area contributed by atoms with E-state index in [4.69, 9.17) is 9.84 Å². The molecule has 0 fully saturated rings. The van der Waals surface area contributed by atoms with Crippen LogP contribution in [-0.4, -0.2) is 18.3 Å². The molecule has 1 atom stereocenters. The van der Waals surface area contributed by atoms with Crippen molar-refractivity contribution >= 4 is 0 Å². The van der Waals surface area contributed by atoms with Gasteiger partial charge in [-0.2, -0.15) is 0 Å². The van der Waals surface area contributed by atoms with Crippen molar-refractivity contribution in [2.45, 2.75) is 31.8 Å². The first-order chi connectivity index (χ1) is 7.42. The Balaban J connectivity index is 2.17. The van der Waals surface area contributed by atoms with Crippen LogP contribution in [0.3, 0.4) is 0 Å². The van der Waals surface area contributed by atoms with Crippen molar-refractivity contribution in [2.24, 2.45) is 0 Å². The van der Waals surface area contributed by atoms with Gasteiger partial charge in [-0.15, -0.1) is 0 Å². The minimum atomic E-state index is 0.110. The lowest BCUT2D eigenvalue weighted by molar-refractivity contribution is 0.0228. The summed E-state index contributed by atoms with van der Waals surface area (Å²) in [6.07, 6.45) is 4.89. The summed E-state index contributed by atoms with van der Waals surface area (Å²) in [7, 11) is 0. The van der Waals surface area contributed by atoms with Gasteiger partial charge >= 0.3 is 0 Å². The van der Waals surface area contributed by atoms with Crippen LogP contribution >= 0.6 is 0 Å². The quantitative estimate of drug-likeness (QED) is 0.770. The molecule has 0 aromatic heterocycles. The molecular weight excluding hydrogens is 188 g/mol. The Morgan fingerprint density at radius 1 is 1.27 bits per heavy atom. The highest BCUT2D eigenvalue weighted by atomic mass is 16.5. The summed E-state index contributed by atoms with van der Waals surface area (Å²) in [6.45, 7) is 0.553. The molecule has 0 saturated carbocycles. The van der Waals surface area contributed by atoms with Crippen molar-refractivity contribution in [1.82, 2.24) is 0 Å². The second-order valence-corrected chi connectivity index (χ2v) is 4.03. The summed E-state index contributed by atoms with van der Waals surface area (Å²) >= 11 is 0. The van der Waals surface area contributed by atoms with Gasteiger partial charge in [0.25, 0.3) is 0 Å². The van der Waals surface area contributed by atoms with E-state index in [0.29, 0.717) is 6.61 Å². The molecule has 0 saturated heterocycles. The van der Waals surface area contributed by atoms with Crippen molar-refractivity contribution in [2.75, 3.05) is 13.2 Å². The Labute approximate surface area is 90.9 Å². The summed E-state index contributed by atoms with van der Waals surface area (Å²) in [5, 5.41) is 8.79. The molecule has 2 rings (SSSR count). The number of aliphatic hydroxyl groups excluding tert-OH is 1. The van der Waals surface area contributed by atoms with Crippen LogP contribution in [0.2, 0.25) is 0 Å². The fraction of sp³-hybridized carbons (Fsp3) is 0.538. The molecule has 1 unspecified atom stereocenters. The number of hydrogen-bond donors (Lipinski definition) is 1. The van der Waals surface area contributed by atoms with E-state index in [9.17, 15) is 0 Å². The maximum absolute atomic E-state index is 8.79. The molecule has 1 aromatic rings. The molecule has 15 heavy (non-hydrogen) atoms. The normalized spacial score (nSPS) is 20.7. The van der Waals surface area contributed by atoms with E-state index in [2.05, 4.69) is 24.3 Å². The van der Waals surface area contributed by atoms with Crippen LogP contribution in [0, 0.1) is 0 Å². The zero-order chi connectivity index (χ0) is 10.5. The van der Waals surface area contributed by atoms with Crippen LogP contribution in [0.25, 0.3) is 0 Å². The number of hydrogen-bond acceptors (Lipinski definition) is 2. The Kier molecular flexibility index (Phi) is 3.75. The molecule has 0 heterocycles. The number of aliphatic hydroxyl groups is 1. The predicted molar refractivity (Wildman–Crippen MR) is 59.8 cm³/mol. The third kappa shape index (κ3) is 2.58. The predicted octanol–water partition coefficient (Wildman–Crippen LogP) is 2.46. The summed E-state index contributed by atoms with van der Waals surface area (Å²) < 4.78 is 5.69. The summed E-state index contributed by atoms with van der Waals surface area (Å²) in [5.41, 5.74) is 2.74. The molecule has 0 aliphatic heterocycles. The van der Waals surface area contributed by atoms with Crippen LogP contribution in [0.4, 0.5) is 0 Å². The lowest BCUT2D eigenvalue weighted by Gasteiger charge is -2.17. The number of ether oxygens (including phenoxy) is 1. The minimum Gasteiger partial charge on any atom is -0.394 e. The maximum Gasteiger partial charge on any atom is 0.0828 e. The van der Waals surface area contributed by atoms with Crippen molar-refractivity contribution in [3.8, 4) is 0 Å². The van der Waals surface area contributed by atoms with Crippen molar-refractivity contribution < 1.29 is 9.84 Å². The highest BCUT2D eigenvalue weighted by Gasteiger charge is 2.18. The van der Waals surface area contributed by atoms with Gasteiger partial charge in [0, 0.05) is 0 Å². The third-order valence-corrected chi connectivity index (χ3v) is 2.97. The molecule has 1 N–H and O–H groups in total. The van der Waals surface area contributed by atoms with Crippen LogP contribution in [-0.2, 0) is 11.2 Å². The van der Waals surface area contributed by atoms with E-state index >= 15 is 0 Å². The Bertz CT molecular complexity index is 309. The first-order valence-electron chi connectivity index (χ1n) is 5.72. The molecule has 0 amide bonds. The molecule has 0 radical (unpaired) electrons. The number of aryl methyl sites for hydroxylation is 1. The fourth-order valence-corrected chi connectivity index (χ4v) is 2.24. The summed E-state index contributed by atoms with van der Waals surface area (Å²) in [6, 6.07) is 8.51. The van der Waals surface area contributed by atoms with Gasteiger partial charge in [0.05, 0.1) is 19.3 Å². The third-order valence-electron chi connectivity index (χ3n) is 2.97. The second kappa shape index (κ2) is 5.29. The average Bonchev–Trinajstić information content (AvgIpc) is 2.49. The smallest absolute Gasteiger partial charge is 0.0828 e. The molecular formula is C13H18O2. The fourth-order valence-electron chi connectivity index (χ4n) is 2.24. The van der Waals surface area contributed by atoms with Crippen LogP contribution in [0.15, 0.2) is 24.3 Å². The summed E-state index contributed by atoms with van der Waals surface area (Å²) in [4.78, 5) is 0. The average molecular weight is 206 g/mol. The monoisotopic (exact) mass is 206 g/mol. The Morgan fingerprint density at radius 3 is 3.00 bits per heavy atom. The molecule has 2 heteroatoms. The maximum atomic E-state index is 8.79. The standard InChI is InChI=1S/C13H18O2/c14-9-10-15-13-8-4-2-6-11-5-1-3-7-12(11)13/h1,3,5,7,13-14H,2,4,6,8-10H2. The van der Waals surface area contributed by atoms with Crippen LogP contribution in [0.1, 0.15) is 36.5 Å². The van der Waals surface area contributed by atoms with Crippen molar-refractivity contribution in [3.63, 3.8) is 0 Å². The van der Waals surface area contributed by atoms with Crippen molar-refractivity contribution in [1.29, 1.82) is 0 Å². The minimum absolute atomic E-state index is 0.110. The van der Waals surface area contributed by atoms with E-state index in [1.165, 1.54) is 24.0 Å². The Morgan fingerprint density at radius 2 is 2.13 bits per heavy atom. The van der Waals surface area contributed by atoms with Gasteiger partial charge in [-0.25, -0.2) is 0 Å². The van der Waals surface area contributed by atoms with Gasteiger partial charge in [-0.3, -0.25) is 0 Å². The van der Waals surface area contributed by atoms with Gasteiger partial charge in [-0.1, -0.05) is 30.7 Å². The molecule has 0 spiro atoms. The first-order valence-corrected chi connectivity index (χ1v) is 5.72. The molecule has 1 aromatic carbocycles. The molecule has 1 aliphatic rings. The van der Waals surface area contributed by atoms with E-state index in [1.54, 1.807) is 0 Å². The van der Waals surface area contributed by atoms with E-state index in [1.807, 2.05) is 0 Å². The number of fused-ring (bicyclic) bond motifs is 1. The van der Waals surface area contributed by atoms with Crippen molar-refractivity contribution in [3.05, 3.63) is 35.4 Å². The number of benzene rings is 1. The lowest BCUT2D eigenvalue weighted by atomic mass is 10.0. The highest BCUT2D eigenvalue weighted by molar-refractivity contribution is 5.30. The summed E-state index contributed by atoms with van der Waals surface area (Å²) in [5.74, 6) is 0. The van der Waals surface area contributed by atoms with Crippen LogP contribution in [0.5, 0.6) is 0 Å². The molecule has 82 valence electrons. The van der Waals surface area contributed by atoms with Gasteiger partial charge < -0.3 is 9.84 Å². The highest BCUT2D eigenvalue weighted by Crippen LogP contribution is 2.30. The van der Waals surface area contributed by atoms with Gasteiger partial charge in [0.2, 0.25) is 0 Å². The van der Waals surface area contributed by atoms with Gasteiger partial charge in [0.15, 0.2) is 0 Å². The topological polar surface area (TPSA) is 29.5 Å².